The minimum absolute atomic E-state index is 0.302. The van der Waals surface area contributed by atoms with Gasteiger partial charge in [-0.1, -0.05) is 37.6 Å². The Labute approximate surface area is 167 Å². The van der Waals surface area contributed by atoms with Crippen LogP contribution in [0, 0.1) is 0 Å². The number of benzene rings is 2. The molecule has 0 fully saturated rings. The molecule has 0 aliphatic carbocycles. The summed E-state index contributed by atoms with van der Waals surface area (Å²) in [5.74, 6) is -1.06. The Morgan fingerprint density at radius 2 is 1.46 bits per heavy atom. The molecule has 0 unspecified atom stereocenters. The first-order chi connectivity index (χ1) is 13.3. The monoisotopic (exact) mass is 404 g/mol. The highest BCUT2D eigenvalue weighted by Crippen LogP contribution is 2.16. The van der Waals surface area contributed by atoms with Gasteiger partial charge in [-0.15, -0.1) is 0 Å². The predicted octanol–water partition coefficient (Wildman–Crippen LogP) is 2.85. The number of hydrogen-bond acceptors (Lipinski definition) is 5. The lowest BCUT2D eigenvalue weighted by atomic mass is 10.0. The Morgan fingerprint density at radius 1 is 0.893 bits per heavy atom. The van der Waals surface area contributed by atoms with Gasteiger partial charge in [0.2, 0.25) is 0 Å². The summed E-state index contributed by atoms with van der Waals surface area (Å²) in [7, 11) is 0. The number of hydrogen-bond donors (Lipinski definition) is 2. The molecule has 0 atom stereocenters. The molecule has 0 aliphatic rings. The lowest BCUT2D eigenvalue weighted by Crippen LogP contribution is -2.45. The number of rotatable bonds is 7. The molecule has 0 bridgehead atoms. The average Bonchev–Trinajstić information content (AvgIpc) is 2.70. The number of ether oxygens (including phenoxy) is 2. The summed E-state index contributed by atoms with van der Waals surface area (Å²) in [4.78, 5) is 35.3. The van der Waals surface area contributed by atoms with Gasteiger partial charge < -0.3 is 9.47 Å². The van der Waals surface area contributed by atoms with Gasteiger partial charge >= 0.3 is 5.97 Å². The fraction of sp³-hybridized carbons (Fsp3) is 0.250. The van der Waals surface area contributed by atoms with Crippen molar-refractivity contribution in [2.75, 3.05) is 13.2 Å². The van der Waals surface area contributed by atoms with Crippen molar-refractivity contribution in [1.82, 2.24) is 10.9 Å². The Balaban J connectivity index is 1.68. The molecule has 2 aromatic carbocycles. The van der Waals surface area contributed by atoms with Crippen molar-refractivity contribution in [1.29, 1.82) is 0 Å². The van der Waals surface area contributed by atoms with Crippen LogP contribution in [0.5, 0.6) is 5.75 Å². The minimum Gasteiger partial charge on any atom is -0.484 e. The summed E-state index contributed by atoms with van der Waals surface area (Å²) in [5, 5.41) is 0.550. The molecule has 28 heavy (non-hydrogen) atoms. The first-order valence-corrected chi connectivity index (χ1v) is 8.96. The summed E-state index contributed by atoms with van der Waals surface area (Å²) in [6, 6.07) is 13.4. The van der Waals surface area contributed by atoms with E-state index in [0.717, 1.165) is 5.56 Å². The number of hydrazine groups is 1. The SMILES string of the molecule is CC(C)c1ccc(C(=O)OCC(=O)NNC(=O)COc2ccc(Cl)cc2)cc1. The Bertz CT molecular complexity index is 819. The van der Waals surface area contributed by atoms with E-state index in [1.54, 1.807) is 36.4 Å². The van der Waals surface area contributed by atoms with Crippen molar-refractivity contribution in [2.45, 2.75) is 19.8 Å². The predicted molar refractivity (Wildman–Crippen MR) is 104 cm³/mol. The van der Waals surface area contributed by atoms with E-state index in [4.69, 9.17) is 21.1 Å². The Hall–Kier alpha value is -3.06. The largest absolute Gasteiger partial charge is 0.484 e. The molecule has 2 rings (SSSR count). The van der Waals surface area contributed by atoms with Crippen LogP contribution in [0.25, 0.3) is 0 Å². The van der Waals surface area contributed by atoms with E-state index in [9.17, 15) is 14.4 Å². The van der Waals surface area contributed by atoms with Gasteiger partial charge in [0, 0.05) is 5.02 Å². The van der Waals surface area contributed by atoms with E-state index >= 15 is 0 Å². The standard InChI is InChI=1S/C20H21ClN2O5/c1-13(2)14-3-5-15(6-4-14)20(26)28-12-19(25)23-22-18(24)11-27-17-9-7-16(21)8-10-17/h3-10,13H,11-12H2,1-2H3,(H,22,24)(H,23,25). The smallest absolute Gasteiger partial charge is 0.338 e. The summed E-state index contributed by atoms with van der Waals surface area (Å²) < 4.78 is 10.1. The molecule has 0 aliphatic heterocycles. The maximum absolute atomic E-state index is 11.9. The van der Waals surface area contributed by atoms with Crippen molar-refractivity contribution < 1.29 is 23.9 Å². The molecule has 2 aromatic rings. The fourth-order valence-corrected chi connectivity index (χ4v) is 2.24. The van der Waals surface area contributed by atoms with Crippen LogP contribution in [-0.2, 0) is 14.3 Å². The molecule has 0 spiro atoms. The molecule has 0 radical (unpaired) electrons. The third-order valence-electron chi connectivity index (χ3n) is 3.67. The summed E-state index contributed by atoms with van der Waals surface area (Å²) in [6.45, 7) is 3.27. The molecule has 2 N–H and O–H groups in total. The van der Waals surface area contributed by atoms with E-state index in [-0.39, 0.29) is 6.61 Å². The number of amides is 2. The highest BCUT2D eigenvalue weighted by Gasteiger charge is 2.11. The van der Waals surface area contributed by atoms with Crippen molar-refractivity contribution in [2.24, 2.45) is 0 Å². The van der Waals surface area contributed by atoms with Gasteiger partial charge in [-0.3, -0.25) is 20.4 Å². The lowest BCUT2D eigenvalue weighted by molar-refractivity contribution is -0.131. The second-order valence-electron chi connectivity index (χ2n) is 6.19. The first-order valence-electron chi connectivity index (χ1n) is 8.58. The fourth-order valence-electron chi connectivity index (χ4n) is 2.11. The molecule has 2 amide bonds. The van der Waals surface area contributed by atoms with Gasteiger partial charge in [-0.05, 0) is 47.9 Å². The van der Waals surface area contributed by atoms with Gasteiger partial charge in [-0.25, -0.2) is 4.79 Å². The molecule has 0 saturated heterocycles. The van der Waals surface area contributed by atoms with Gasteiger partial charge in [0.25, 0.3) is 11.8 Å². The highest BCUT2D eigenvalue weighted by atomic mass is 35.5. The second-order valence-corrected chi connectivity index (χ2v) is 6.63. The normalized spacial score (nSPS) is 10.3. The van der Waals surface area contributed by atoms with E-state index < -0.39 is 24.4 Å². The summed E-state index contributed by atoms with van der Waals surface area (Å²) >= 11 is 5.75. The van der Waals surface area contributed by atoms with E-state index in [2.05, 4.69) is 10.9 Å². The second kappa shape index (κ2) is 10.3. The van der Waals surface area contributed by atoms with Crippen LogP contribution in [0.3, 0.4) is 0 Å². The van der Waals surface area contributed by atoms with Crippen molar-refractivity contribution in [3.8, 4) is 5.75 Å². The van der Waals surface area contributed by atoms with Gasteiger partial charge in [0.05, 0.1) is 5.56 Å². The molecule has 0 heterocycles. The molecular weight excluding hydrogens is 384 g/mol. The first kappa shape index (κ1) is 21.2. The third-order valence-corrected chi connectivity index (χ3v) is 3.92. The van der Waals surface area contributed by atoms with Crippen LogP contribution in [0.15, 0.2) is 48.5 Å². The zero-order valence-corrected chi connectivity index (χ0v) is 16.3. The van der Waals surface area contributed by atoms with Crippen LogP contribution in [0.2, 0.25) is 5.02 Å². The molecule has 8 heteroatoms. The van der Waals surface area contributed by atoms with E-state index in [1.165, 1.54) is 0 Å². The quantitative estimate of drug-likeness (QED) is 0.546. The van der Waals surface area contributed by atoms with Crippen molar-refractivity contribution in [3.05, 3.63) is 64.7 Å². The van der Waals surface area contributed by atoms with Gasteiger partial charge in [-0.2, -0.15) is 0 Å². The maximum atomic E-state index is 11.9. The van der Waals surface area contributed by atoms with Crippen LogP contribution >= 0.6 is 11.6 Å². The highest BCUT2D eigenvalue weighted by molar-refractivity contribution is 6.30. The maximum Gasteiger partial charge on any atom is 0.338 e. The van der Waals surface area contributed by atoms with Crippen LogP contribution in [0.4, 0.5) is 0 Å². The average molecular weight is 405 g/mol. The lowest BCUT2D eigenvalue weighted by Gasteiger charge is -2.10. The zero-order valence-electron chi connectivity index (χ0n) is 15.5. The van der Waals surface area contributed by atoms with Crippen molar-refractivity contribution >= 4 is 29.4 Å². The van der Waals surface area contributed by atoms with Crippen LogP contribution < -0.4 is 15.6 Å². The van der Waals surface area contributed by atoms with Gasteiger partial charge in [0.15, 0.2) is 13.2 Å². The molecular formula is C20H21ClN2O5. The number of halogens is 1. The third kappa shape index (κ3) is 6.92. The number of carbonyl (C=O) groups excluding carboxylic acids is 3. The van der Waals surface area contributed by atoms with E-state index in [0.29, 0.717) is 22.3 Å². The Kier molecular flexibility index (Phi) is 7.83. The van der Waals surface area contributed by atoms with Crippen LogP contribution in [-0.4, -0.2) is 31.0 Å². The van der Waals surface area contributed by atoms with Crippen LogP contribution in [0.1, 0.15) is 35.7 Å². The topological polar surface area (TPSA) is 93.7 Å². The molecule has 7 nitrogen and oxygen atoms in total. The number of carbonyl (C=O) groups is 3. The van der Waals surface area contributed by atoms with Gasteiger partial charge in [0.1, 0.15) is 5.75 Å². The Morgan fingerprint density at radius 3 is 2.04 bits per heavy atom. The molecule has 0 aromatic heterocycles. The molecule has 0 saturated carbocycles. The summed E-state index contributed by atoms with van der Waals surface area (Å²) in [6.07, 6.45) is 0. The number of esters is 1. The molecule has 148 valence electrons. The zero-order chi connectivity index (χ0) is 20.5. The van der Waals surface area contributed by atoms with Crippen molar-refractivity contribution in [3.63, 3.8) is 0 Å². The number of nitrogens with one attached hydrogen (secondary N) is 2. The minimum atomic E-state index is -0.674. The summed E-state index contributed by atoms with van der Waals surface area (Å²) in [5.41, 5.74) is 5.75. The van der Waals surface area contributed by atoms with E-state index in [1.807, 2.05) is 26.0 Å².